The second kappa shape index (κ2) is 5.58. The third-order valence-electron chi connectivity index (χ3n) is 3.35. The lowest BCUT2D eigenvalue weighted by molar-refractivity contribution is -0.132. The second-order valence-corrected chi connectivity index (χ2v) is 5.76. The number of carbonyl (C=O) groups is 1. The zero-order valence-electron chi connectivity index (χ0n) is 11.6. The van der Waals surface area contributed by atoms with Crippen LogP contribution >= 0.6 is 11.3 Å². The highest BCUT2D eigenvalue weighted by molar-refractivity contribution is 7.18. The molecule has 0 aliphatic carbocycles. The SMILES string of the molecule is CCC(=CCn1cnc2sc(C)c(C)c2c1=O)C(=O)O. The maximum absolute atomic E-state index is 12.4. The molecule has 0 spiro atoms. The number of carboxylic acids is 1. The van der Waals surface area contributed by atoms with Gasteiger partial charge in [0.1, 0.15) is 4.83 Å². The van der Waals surface area contributed by atoms with Crippen molar-refractivity contribution in [3.8, 4) is 0 Å². The number of aromatic nitrogens is 2. The minimum atomic E-state index is -0.947. The fourth-order valence-electron chi connectivity index (χ4n) is 1.99. The third-order valence-corrected chi connectivity index (χ3v) is 4.46. The molecule has 2 aromatic heterocycles. The zero-order valence-corrected chi connectivity index (χ0v) is 12.5. The summed E-state index contributed by atoms with van der Waals surface area (Å²) in [6.45, 7) is 5.87. The topological polar surface area (TPSA) is 72.2 Å². The predicted octanol–water partition coefficient (Wildman–Crippen LogP) is 2.50. The largest absolute Gasteiger partial charge is 0.478 e. The Bertz CT molecular complexity index is 756. The molecule has 0 aliphatic rings. The van der Waals surface area contributed by atoms with Gasteiger partial charge in [0.05, 0.1) is 11.7 Å². The lowest BCUT2D eigenvalue weighted by atomic mass is 10.2. The van der Waals surface area contributed by atoms with E-state index in [1.165, 1.54) is 22.2 Å². The lowest BCUT2D eigenvalue weighted by Crippen LogP contribution is -2.20. The molecule has 106 valence electrons. The van der Waals surface area contributed by atoms with E-state index in [1.807, 2.05) is 13.8 Å². The van der Waals surface area contributed by atoms with Crippen LogP contribution in [-0.4, -0.2) is 20.6 Å². The van der Waals surface area contributed by atoms with E-state index in [2.05, 4.69) is 4.98 Å². The van der Waals surface area contributed by atoms with Gasteiger partial charge in [0.2, 0.25) is 0 Å². The standard InChI is InChI=1S/C14H16N2O3S/c1-4-10(14(18)19)5-6-16-7-15-12-11(13(16)17)8(2)9(3)20-12/h5,7H,4,6H2,1-3H3,(H,18,19). The smallest absolute Gasteiger partial charge is 0.331 e. The number of fused-ring (bicyclic) bond motifs is 1. The molecule has 20 heavy (non-hydrogen) atoms. The Kier molecular flexibility index (Phi) is 4.04. The summed E-state index contributed by atoms with van der Waals surface area (Å²) in [5.74, 6) is -0.947. The molecule has 2 heterocycles. The number of nitrogens with zero attached hydrogens (tertiary/aromatic N) is 2. The maximum Gasteiger partial charge on any atom is 0.331 e. The van der Waals surface area contributed by atoms with E-state index >= 15 is 0 Å². The molecule has 0 fully saturated rings. The van der Waals surface area contributed by atoms with Gasteiger partial charge in [0.15, 0.2) is 0 Å². The Morgan fingerprint density at radius 1 is 1.50 bits per heavy atom. The summed E-state index contributed by atoms with van der Waals surface area (Å²) < 4.78 is 1.44. The Balaban J connectivity index is 2.47. The van der Waals surface area contributed by atoms with Crippen molar-refractivity contribution in [1.82, 2.24) is 9.55 Å². The van der Waals surface area contributed by atoms with Gasteiger partial charge in [-0.3, -0.25) is 9.36 Å². The number of thiophene rings is 1. The van der Waals surface area contributed by atoms with Gasteiger partial charge in [-0.1, -0.05) is 13.0 Å². The molecule has 0 amide bonds. The first-order valence-electron chi connectivity index (χ1n) is 6.33. The molecular weight excluding hydrogens is 276 g/mol. The number of hydrogen-bond acceptors (Lipinski definition) is 4. The summed E-state index contributed by atoms with van der Waals surface area (Å²) in [7, 11) is 0. The van der Waals surface area contributed by atoms with E-state index in [0.29, 0.717) is 17.4 Å². The quantitative estimate of drug-likeness (QED) is 0.879. The van der Waals surface area contributed by atoms with Crippen LogP contribution in [0.15, 0.2) is 22.8 Å². The molecule has 0 saturated carbocycles. The first-order chi connectivity index (χ1) is 9.45. The monoisotopic (exact) mass is 292 g/mol. The van der Waals surface area contributed by atoms with Crippen LogP contribution in [-0.2, 0) is 11.3 Å². The van der Waals surface area contributed by atoms with Gasteiger partial charge in [0.25, 0.3) is 5.56 Å². The molecule has 0 bridgehead atoms. The summed E-state index contributed by atoms with van der Waals surface area (Å²) in [6, 6.07) is 0. The maximum atomic E-state index is 12.4. The molecule has 0 saturated heterocycles. The van der Waals surface area contributed by atoms with Crippen molar-refractivity contribution in [2.75, 3.05) is 0 Å². The number of hydrogen-bond donors (Lipinski definition) is 1. The molecule has 2 rings (SSSR count). The number of rotatable bonds is 4. The third kappa shape index (κ3) is 2.51. The van der Waals surface area contributed by atoms with Gasteiger partial charge in [-0.2, -0.15) is 0 Å². The molecule has 0 radical (unpaired) electrons. The first kappa shape index (κ1) is 14.5. The van der Waals surface area contributed by atoms with E-state index in [-0.39, 0.29) is 12.1 Å². The van der Waals surface area contributed by atoms with Crippen molar-refractivity contribution < 1.29 is 9.90 Å². The Labute approximate surface area is 120 Å². The summed E-state index contributed by atoms with van der Waals surface area (Å²) in [5.41, 5.74) is 1.14. The molecule has 0 atom stereocenters. The molecule has 0 aromatic carbocycles. The molecule has 0 unspecified atom stereocenters. The molecular formula is C14H16N2O3S. The van der Waals surface area contributed by atoms with Crippen molar-refractivity contribution in [2.24, 2.45) is 0 Å². The number of aryl methyl sites for hydroxylation is 2. The minimum Gasteiger partial charge on any atom is -0.478 e. The van der Waals surface area contributed by atoms with Gasteiger partial charge < -0.3 is 5.11 Å². The van der Waals surface area contributed by atoms with Crippen molar-refractivity contribution >= 4 is 27.5 Å². The molecule has 0 aliphatic heterocycles. The highest BCUT2D eigenvalue weighted by Crippen LogP contribution is 2.25. The molecule has 5 nitrogen and oxygen atoms in total. The predicted molar refractivity (Wildman–Crippen MR) is 79.4 cm³/mol. The molecule has 6 heteroatoms. The Morgan fingerprint density at radius 3 is 2.80 bits per heavy atom. The van der Waals surface area contributed by atoms with Crippen LogP contribution in [0.4, 0.5) is 0 Å². The lowest BCUT2D eigenvalue weighted by Gasteiger charge is -2.03. The van der Waals surface area contributed by atoms with Crippen molar-refractivity contribution in [1.29, 1.82) is 0 Å². The van der Waals surface area contributed by atoms with E-state index < -0.39 is 5.97 Å². The number of allylic oxidation sites excluding steroid dienone is 1. The van der Waals surface area contributed by atoms with Gasteiger partial charge in [-0.25, -0.2) is 9.78 Å². The van der Waals surface area contributed by atoms with Crippen LogP contribution in [0.3, 0.4) is 0 Å². The van der Waals surface area contributed by atoms with Gasteiger partial charge in [0, 0.05) is 17.0 Å². The number of carboxylic acid groups (broad SMARTS) is 1. The highest BCUT2D eigenvalue weighted by atomic mass is 32.1. The van der Waals surface area contributed by atoms with Gasteiger partial charge in [-0.05, 0) is 25.8 Å². The van der Waals surface area contributed by atoms with E-state index in [1.54, 1.807) is 13.0 Å². The van der Waals surface area contributed by atoms with Gasteiger partial charge in [-0.15, -0.1) is 11.3 Å². The number of aliphatic carboxylic acids is 1. The van der Waals surface area contributed by atoms with Gasteiger partial charge >= 0.3 is 5.97 Å². The van der Waals surface area contributed by atoms with Crippen LogP contribution in [0.25, 0.3) is 10.2 Å². The average Bonchev–Trinajstić information content (AvgIpc) is 2.68. The normalized spacial score (nSPS) is 12.1. The first-order valence-corrected chi connectivity index (χ1v) is 7.14. The Morgan fingerprint density at radius 2 is 2.20 bits per heavy atom. The fourth-order valence-corrected chi connectivity index (χ4v) is 2.98. The summed E-state index contributed by atoms with van der Waals surface area (Å²) in [4.78, 5) is 29.4. The second-order valence-electron chi connectivity index (χ2n) is 4.55. The van der Waals surface area contributed by atoms with Crippen molar-refractivity contribution in [3.63, 3.8) is 0 Å². The highest BCUT2D eigenvalue weighted by Gasteiger charge is 2.12. The van der Waals surface area contributed by atoms with E-state index in [9.17, 15) is 9.59 Å². The van der Waals surface area contributed by atoms with Crippen LogP contribution in [0, 0.1) is 13.8 Å². The van der Waals surface area contributed by atoms with E-state index in [0.717, 1.165) is 15.3 Å². The van der Waals surface area contributed by atoms with Crippen LogP contribution in [0.5, 0.6) is 0 Å². The van der Waals surface area contributed by atoms with Crippen LogP contribution < -0.4 is 5.56 Å². The summed E-state index contributed by atoms with van der Waals surface area (Å²) >= 11 is 1.50. The fraction of sp³-hybridized carbons (Fsp3) is 0.357. The van der Waals surface area contributed by atoms with Crippen LogP contribution in [0.2, 0.25) is 0 Å². The van der Waals surface area contributed by atoms with Crippen molar-refractivity contribution in [3.05, 3.63) is 38.8 Å². The Hall–Kier alpha value is -1.95. The van der Waals surface area contributed by atoms with E-state index in [4.69, 9.17) is 5.11 Å². The average molecular weight is 292 g/mol. The van der Waals surface area contributed by atoms with Crippen LogP contribution in [0.1, 0.15) is 23.8 Å². The molecule has 1 N–H and O–H groups in total. The summed E-state index contributed by atoms with van der Waals surface area (Å²) in [5, 5.41) is 9.61. The zero-order chi connectivity index (χ0) is 14.9. The molecule has 2 aromatic rings. The minimum absolute atomic E-state index is 0.117. The summed E-state index contributed by atoms with van der Waals surface area (Å²) in [6.07, 6.45) is 3.47. The van der Waals surface area contributed by atoms with Crippen molar-refractivity contribution in [2.45, 2.75) is 33.7 Å².